The molecular weight excluding hydrogens is 364 g/mol. The largest absolute Gasteiger partial charge is 0.383 e. The van der Waals surface area contributed by atoms with E-state index >= 15 is 0 Å². The van der Waals surface area contributed by atoms with E-state index in [2.05, 4.69) is 4.98 Å². The highest BCUT2D eigenvalue weighted by Gasteiger charge is 2.25. The monoisotopic (exact) mass is 368 g/mol. The van der Waals surface area contributed by atoms with E-state index in [1.165, 1.54) is 0 Å². The van der Waals surface area contributed by atoms with Gasteiger partial charge < -0.3 is 5.73 Å². The third kappa shape index (κ3) is 2.88. The lowest BCUT2D eigenvalue weighted by Gasteiger charge is -2.08. The quantitative estimate of drug-likeness (QED) is 0.493. The van der Waals surface area contributed by atoms with Crippen LogP contribution in [-0.4, -0.2) is 13.4 Å². The van der Waals surface area contributed by atoms with Crippen LogP contribution in [0.15, 0.2) is 11.0 Å². The Kier molecular flexibility index (Phi) is 3.71. The molecule has 0 saturated carbocycles. The summed E-state index contributed by atoms with van der Waals surface area (Å²) in [5.74, 6) is -0.531. The molecule has 84 valence electrons. The van der Waals surface area contributed by atoms with Crippen LogP contribution in [0.5, 0.6) is 0 Å². The maximum absolute atomic E-state index is 12.5. The fourth-order valence-electron chi connectivity index (χ4n) is 0.941. The zero-order valence-electron chi connectivity index (χ0n) is 6.92. The lowest BCUT2D eigenvalue weighted by atomic mass is 10.2. The summed E-state index contributed by atoms with van der Waals surface area (Å²) < 4.78 is 47.2. The molecule has 0 aromatic carbocycles. The van der Waals surface area contributed by atoms with E-state index in [-0.39, 0.29) is 3.70 Å². The van der Waals surface area contributed by atoms with E-state index in [0.29, 0.717) is 0 Å². The average molecular weight is 369 g/mol. The van der Waals surface area contributed by atoms with E-state index in [9.17, 15) is 17.2 Å². The highest BCUT2D eigenvalue weighted by Crippen LogP contribution is 2.33. The Morgan fingerprint density at radius 3 is 2.47 bits per heavy atom. The molecule has 9 heteroatoms. The molecule has 1 aromatic heterocycles. The van der Waals surface area contributed by atoms with E-state index in [0.717, 1.165) is 6.07 Å². The number of hydrogen-bond acceptors (Lipinski definition) is 4. The van der Waals surface area contributed by atoms with Gasteiger partial charge in [-0.1, -0.05) is 0 Å². The predicted molar refractivity (Wildman–Crippen MR) is 59.4 cm³/mol. The van der Waals surface area contributed by atoms with Crippen LogP contribution in [0, 0.1) is 3.70 Å². The number of nitrogens with zero attached hydrogens (tertiary/aromatic N) is 1. The molecule has 0 radical (unpaired) electrons. The summed E-state index contributed by atoms with van der Waals surface area (Å²) in [6.07, 6.45) is -3.04. The van der Waals surface area contributed by atoms with Crippen molar-refractivity contribution in [2.75, 3.05) is 5.73 Å². The molecule has 0 aliphatic heterocycles. The Morgan fingerprint density at radius 2 is 2.07 bits per heavy atom. The van der Waals surface area contributed by atoms with Crippen LogP contribution < -0.4 is 5.73 Å². The second-order valence-corrected chi connectivity index (χ2v) is 6.12. The van der Waals surface area contributed by atoms with Crippen molar-refractivity contribution in [1.29, 1.82) is 0 Å². The first-order valence-electron chi connectivity index (χ1n) is 3.42. The molecule has 0 aliphatic carbocycles. The maximum Gasteiger partial charge on any atom is 0.268 e. The fourth-order valence-corrected chi connectivity index (χ4v) is 2.82. The van der Waals surface area contributed by atoms with Crippen molar-refractivity contribution in [2.24, 2.45) is 0 Å². The minimum Gasteiger partial charge on any atom is -0.383 e. The van der Waals surface area contributed by atoms with E-state index < -0.39 is 31.8 Å². The molecule has 0 amide bonds. The van der Waals surface area contributed by atoms with E-state index in [1.54, 1.807) is 22.6 Å². The number of halogens is 4. The molecule has 1 heterocycles. The van der Waals surface area contributed by atoms with Crippen molar-refractivity contribution in [3.8, 4) is 0 Å². The summed E-state index contributed by atoms with van der Waals surface area (Å²) >= 11 is 1.65. The molecule has 2 N–H and O–H groups in total. The van der Waals surface area contributed by atoms with Gasteiger partial charge in [-0.3, -0.25) is 0 Å². The summed E-state index contributed by atoms with van der Waals surface area (Å²) in [5, 5.41) is 0. The molecule has 15 heavy (non-hydrogen) atoms. The first kappa shape index (κ1) is 12.8. The van der Waals surface area contributed by atoms with Gasteiger partial charge in [0.15, 0.2) is 0 Å². The molecule has 0 saturated heterocycles. The lowest BCUT2D eigenvalue weighted by molar-refractivity contribution is 0.148. The van der Waals surface area contributed by atoms with Crippen molar-refractivity contribution in [3.05, 3.63) is 15.3 Å². The summed E-state index contributed by atoms with van der Waals surface area (Å²) in [6, 6.07) is 0.945. The van der Waals surface area contributed by atoms with Gasteiger partial charge in [0.2, 0.25) is 0 Å². The van der Waals surface area contributed by atoms with Gasteiger partial charge in [0, 0.05) is 10.7 Å². The number of hydrogen-bond donors (Lipinski definition) is 1. The van der Waals surface area contributed by atoms with Gasteiger partial charge in [-0.25, -0.2) is 22.2 Å². The van der Waals surface area contributed by atoms with Crippen molar-refractivity contribution < 1.29 is 17.2 Å². The van der Waals surface area contributed by atoms with Gasteiger partial charge in [-0.05, 0) is 28.7 Å². The molecule has 0 bridgehead atoms. The number of nitrogens with two attached hydrogens (primary N) is 1. The zero-order chi connectivity index (χ0) is 11.8. The van der Waals surface area contributed by atoms with Crippen LogP contribution in [0.2, 0.25) is 0 Å². The molecule has 1 aromatic rings. The van der Waals surface area contributed by atoms with Gasteiger partial charge in [0.1, 0.15) is 9.52 Å². The number of anilines is 1. The normalized spacial score (nSPS) is 12.1. The van der Waals surface area contributed by atoms with Gasteiger partial charge in [0.05, 0.1) is 10.5 Å². The number of rotatable bonds is 2. The first-order chi connectivity index (χ1) is 6.73. The molecule has 0 spiro atoms. The van der Waals surface area contributed by atoms with Crippen LogP contribution >= 0.6 is 33.3 Å². The second kappa shape index (κ2) is 4.34. The molecule has 4 nitrogen and oxygen atoms in total. The third-order valence-corrected chi connectivity index (χ3v) is 3.41. The van der Waals surface area contributed by atoms with Gasteiger partial charge in [-0.15, -0.1) is 0 Å². The van der Waals surface area contributed by atoms with Crippen molar-refractivity contribution in [1.82, 2.24) is 4.98 Å². The molecule has 0 fully saturated rings. The van der Waals surface area contributed by atoms with Crippen molar-refractivity contribution in [2.45, 2.75) is 11.3 Å². The standard InChI is InChI=1S/C6H4ClF2IN2O2S/c7-15(13,14)2-1-3(10)12-6(11)4(2)5(8)9/h1,5H,(H2,11,12). The Balaban J connectivity index is 3.62. The minimum absolute atomic E-state index is 0.175. The summed E-state index contributed by atoms with van der Waals surface area (Å²) in [5.41, 5.74) is 4.34. The Labute approximate surface area is 102 Å². The van der Waals surface area contributed by atoms with Crippen LogP contribution in [0.1, 0.15) is 12.0 Å². The highest BCUT2D eigenvalue weighted by atomic mass is 127. The Hall–Kier alpha value is -0.220. The number of pyridine rings is 1. The van der Waals surface area contributed by atoms with Crippen molar-refractivity contribution >= 4 is 48.1 Å². The fraction of sp³-hybridized carbons (Fsp3) is 0.167. The minimum atomic E-state index is -4.26. The Morgan fingerprint density at radius 1 is 1.53 bits per heavy atom. The highest BCUT2D eigenvalue weighted by molar-refractivity contribution is 14.1. The Bertz CT molecular complexity index is 494. The summed E-state index contributed by atoms with van der Waals surface area (Å²) in [7, 11) is 0.748. The topological polar surface area (TPSA) is 73.0 Å². The number of alkyl halides is 2. The first-order valence-corrected chi connectivity index (χ1v) is 6.81. The average Bonchev–Trinajstić information content (AvgIpc) is 1.99. The van der Waals surface area contributed by atoms with Crippen LogP contribution in [0.25, 0.3) is 0 Å². The van der Waals surface area contributed by atoms with E-state index in [1.807, 2.05) is 0 Å². The molecule has 0 atom stereocenters. The smallest absolute Gasteiger partial charge is 0.268 e. The third-order valence-electron chi connectivity index (χ3n) is 1.50. The number of nitrogen functional groups attached to an aromatic ring is 1. The second-order valence-electron chi connectivity index (χ2n) is 2.48. The van der Waals surface area contributed by atoms with Gasteiger partial charge in [-0.2, -0.15) is 0 Å². The van der Waals surface area contributed by atoms with Gasteiger partial charge >= 0.3 is 0 Å². The summed E-state index contributed by atoms with van der Waals surface area (Å²) in [6.45, 7) is 0. The number of aromatic nitrogens is 1. The van der Waals surface area contributed by atoms with Crippen LogP contribution in [0.3, 0.4) is 0 Å². The van der Waals surface area contributed by atoms with Gasteiger partial charge in [0.25, 0.3) is 15.5 Å². The molecule has 1 rings (SSSR count). The molecule has 0 aliphatic rings. The van der Waals surface area contributed by atoms with Crippen molar-refractivity contribution in [3.63, 3.8) is 0 Å². The van der Waals surface area contributed by atoms with E-state index in [4.69, 9.17) is 16.4 Å². The SMILES string of the molecule is Nc1nc(I)cc(S(=O)(=O)Cl)c1C(F)F. The van der Waals surface area contributed by atoms with Crippen LogP contribution in [0.4, 0.5) is 14.6 Å². The zero-order valence-corrected chi connectivity index (χ0v) is 10.6. The molecule has 0 unspecified atom stereocenters. The predicted octanol–water partition coefficient (Wildman–Crippen LogP) is 2.13. The lowest BCUT2D eigenvalue weighted by Crippen LogP contribution is -2.07. The summed E-state index contributed by atoms with van der Waals surface area (Å²) in [4.78, 5) is 2.83. The van der Waals surface area contributed by atoms with Crippen LogP contribution in [-0.2, 0) is 9.05 Å². The maximum atomic E-state index is 12.5. The molecular formula is C6H4ClF2IN2O2S.